The van der Waals surface area contributed by atoms with E-state index in [-0.39, 0.29) is 11.7 Å². The number of anilines is 2. The highest BCUT2D eigenvalue weighted by molar-refractivity contribution is 6.25. The summed E-state index contributed by atoms with van der Waals surface area (Å²) >= 11 is 0. The second-order valence-corrected chi connectivity index (χ2v) is 3.84. The zero-order valence-corrected chi connectivity index (χ0v) is 9.77. The number of nitrogens with zero attached hydrogens (tertiary/aromatic N) is 1. The minimum Gasteiger partial charge on any atom is -0.398 e. The lowest BCUT2D eigenvalue weighted by molar-refractivity contribution is -0.127. The van der Waals surface area contributed by atoms with Crippen LogP contribution in [0.3, 0.4) is 0 Å². The van der Waals surface area contributed by atoms with Gasteiger partial charge in [0.25, 0.3) is 5.91 Å². The summed E-state index contributed by atoms with van der Waals surface area (Å²) in [6, 6.07) is 5.05. The van der Waals surface area contributed by atoms with Crippen LogP contribution in [-0.4, -0.2) is 31.4 Å². The molecule has 1 aromatic rings. The molecule has 5 heteroatoms. The van der Waals surface area contributed by atoms with Crippen molar-refractivity contribution < 1.29 is 14.3 Å². The fraction of sp³-hybridized carbons (Fsp3) is 0.333. The summed E-state index contributed by atoms with van der Waals surface area (Å²) in [4.78, 5) is 25.5. The molecule has 2 N–H and O–H groups in total. The Labute approximate surface area is 99.2 Å². The van der Waals surface area contributed by atoms with E-state index >= 15 is 0 Å². The molecule has 1 aliphatic heterocycles. The Balaban J connectivity index is 2.55. The van der Waals surface area contributed by atoms with Gasteiger partial charge in [-0.1, -0.05) is 6.07 Å². The number of carbonyl (C=O) groups is 2. The van der Waals surface area contributed by atoms with Gasteiger partial charge in [-0.25, -0.2) is 0 Å². The average Bonchev–Trinajstić information content (AvgIpc) is 2.31. The fourth-order valence-corrected chi connectivity index (χ4v) is 1.96. The Morgan fingerprint density at radius 2 is 2.12 bits per heavy atom. The topological polar surface area (TPSA) is 72.6 Å². The second kappa shape index (κ2) is 4.18. The summed E-state index contributed by atoms with van der Waals surface area (Å²) in [5.74, 6) is -0.710. The molecule has 0 saturated heterocycles. The first-order valence-electron chi connectivity index (χ1n) is 5.39. The first kappa shape index (κ1) is 11.6. The molecular formula is C12H14N2O3. The van der Waals surface area contributed by atoms with Crippen LogP contribution in [0.15, 0.2) is 18.2 Å². The maximum absolute atomic E-state index is 12.1. The SMILES string of the molecule is CCOC1C(=O)c2c(N)cccc2N(C)C1=O. The van der Waals surface area contributed by atoms with Crippen molar-refractivity contribution in [1.29, 1.82) is 0 Å². The average molecular weight is 234 g/mol. The van der Waals surface area contributed by atoms with E-state index in [1.165, 1.54) is 4.90 Å². The van der Waals surface area contributed by atoms with Crippen LogP contribution >= 0.6 is 0 Å². The van der Waals surface area contributed by atoms with E-state index in [1.54, 1.807) is 32.2 Å². The number of carbonyl (C=O) groups excluding carboxylic acids is 2. The molecule has 1 unspecified atom stereocenters. The lowest BCUT2D eigenvalue weighted by Gasteiger charge is -2.30. The smallest absolute Gasteiger partial charge is 0.264 e. The number of nitrogens with two attached hydrogens (primary N) is 1. The highest BCUT2D eigenvalue weighted by Crippen LogP contribution is 2.31. The van der Waals surface area contributed by atoms with Crippen molar-refractivity contribution in [2.45, 2.75) is 13.0 Å². The molecule has 0 aromatic heterocycles. The minimum absolute atomic E-state index is 0.304. The summed E-state index contributed by atoms with van der Waals surface area (Å²) in [5.41, 5.74) is 7.06. The maximum Gasteiger partial charge on any atom is 0.264 e. The molecule has 0 fully saturated rings. The molecule has 0 radical (unpaired) electrons. The zero-order chi connectivity index (χ0) is 12.6. The summed E-state index contributed by atoms with van der Waals surface area (Å²) < 4.78 is 5.19. The molecule has 0 spiro atoms. The Morgan fingerprint density at radius 3 is 2.76 bits per heavy atom. The van der Waals surface area contributed by atoms with Crippen LogP contribution in [0.2, 0.25) is 0 Å². The number of nitrogen functional groups attached to an aromatic ring is 1. The largest absolute Gasteiger partial charge is 0.398 e. The maximum atomic E-state index is 12.1. The molecular weight excluding hydrogens is 220 g/mol. The number of hydrogen-bond donors (Lipinski definition) is 1. The van der Waals surface area contributed by atoms with Crippen LogP contribution in [0.25, 0.3) is 0 Å². The van der Waals surface area contributed by atoms with Gasteiger partial charge in [-0.2, -0.15) is 0 Å². The van der Waals surface area contributed by atoms with E-state index < -0.39 is 6.10 Å². The lowest BCUT2D eigenvalue weighted by Crippen LogP contribution is -2.47. The van der Waals surface area contributed by atoms with E-state index in [0.29, 0.717) is 23.5 Å². The lowest BCUT2D eigenvalue weighted by atomic mass is 9.96. The van der Waals surface area contributed by atoms with Gasteiger partial charge < -0.3 is 15.4 Å². The molecule has 2 rings (SSSR count). The van der Waals surface area contributed by atoms with Crippen LogP contribution in [0.1, 0.15) is 17.3 Å². The third-order valence-electron chi connectivity index (χ3n) is 2.81. The van der Waals surface area contributed by atoms with Gasteiger partial charge in [0.1, 0.15) is 0 Å². The van der Waals surface area contributed by atoms with Crippen molar-refractivity contribution in [3.05, 3.63) is 23.8 Å². The van der Waals surface area contributed by atoms with Crippen LogP contribution in [0.5, 0.6) is 0 Å². The number of hydrogen-bond acceptors (Lipinski definition) is 4. The van der Waals surface area contributed by atoms with Crippen molar-refractivity contribution in [2.24, 2.45) is 0 Å². The van der Waals surface area contributed by atoms with Crippen molar-refractivity contribution in [3.63, 3.8) is 0 Å². The Kier molecular flexibility index (Phi) is 2.85. The molecule has 0 aliphatic carbocycles. The van der Waals surface area contributed by atoms with Crippen LogP contribution < -0.4 is 10.6 Å². The monoisotopic (exact) mass is 234 g/mol. The Hall–Kier alpha value is -1.88. The van der Waals surface area contributed by atoms with Crippen LogP contribution in [-0.2, 0) is 9.53 Å². The summed E-state index contributed by atoms with van der Waals surface area (Å²) in [6.45, 7) is 2.04. The number of ether oxygens (including phenoxy) is 1. The van der Waals surface area contributed by atoms with Gasteiger partial charge in [0.2, 0.25) is 5.78 Å². The normalized spacial score (nSPS) is 19.4. The molecule has 1 aliphatic rings. The van der Waals surface area contributed by atoms with Crippen molar-refractivity contribution in [2.75, 3.05) is 24.3 Å². The van der Waals surface area contributed by atoms with Gasteiger partial charge in [0, 0.05) is 19.3 Å². The summed E-state index contributed by atoms with van der Waals surface area (Å²) in [6.07, 6.45) is -1.07. The van der Waals surface area contributed by atoms with E-state index in [9.17, 15) is 9.59 Å². The number of benzene rings is 1. The summed E-state index contributed by atoms with van der Waals surface area (Å²) in [7, 11) is 1.61. The second-order valence-electron chi connectivity index (χ2n) is 3.84. The van der Waals surface area contributed by atoms with Gasteiger partial charge >= 0.3 is 0 Å². The Morgan fingerprint density at radius 1 is 1.41 bits per heavy atom. The molecule has 1 atom stereocenters. The molecule has 1 heterocycles. The zero-order valence-electron chi connectivity index (χ0n) is 9.77. The number of likely N-dealkylation sites (N-methyl/N-ethyl adjacent to an activating group) is 1. The van der Waals surface area contributed by atoms with Crippen molar-refractivity contribution in [1.82, 2.24) is 0 Å². The number of fused-ring (bicyclic) bond motifs is 1. The number of amides is 1. The van der Waals surface area contributed by atoms with Gasteiger partial charge in [-0.15, -0.1) is 0 Å². The van der Waals surface area contributed by atoms with Gasteiger partial charge in [0.05, 0.1) is 11.3 Å². The van der Waals surface area contributed by atoms with Crippen LogP contribution in [0.4, 0.5) is 11.4 Å². The third kappa shape index (κ3) is 1.68. The van der Waals surface area contributed by atoms with E-state index in [1.807, 2.05) is 0 Å². The molecule has 5 nitrogen and oxygen atoms in total. The van der Waals surface area contributed by atoms with E-state index in [2.05, 4.69) is 0 Å². The van der Waals surface area contributed by atoms with Gasteiger partial charge in [-0.3, -0.25) is 9.59 Å². The van der Waals surface area contributed by atoms with Gasteiger partial charge in [0.15, 0.2) is 6.10 Å². The van der Waals surface area contributed by atoms with E-state index in [0.717, 1.165) is 0 Å². The number of Topliss-reactive ketones (excluding diaryl/α,β-unsaturated/α-hetero) is 1. The first-order valence-corrected chi connectivity index (χ1v) is 5.39. The van der Waals surface area contributed by atoms with E-state index in [4.69, 9.17) is 10.5 Å². The van der Waals surface area contributed by atoms with Gasteiger partial charge in [-0.05, 0) is 19.1 Å². The highest BCUT2D eigenvalue weighted by Gasteiger charge is 2.39. The molecule has 1 aromatic carbocycles. The fourth-order valence-electron chi connectivity index (χ4n) is 1.96. The van der Waals surface area contributed by atoms with Crippen molar-refractivity contribution in [3.8, 4) is 0 Å². The summed E-state index contributed by atoms with van der Waals surface area (Å²) in [5, 5.41) is 0. The first-order chi connectivity index (χ1) is 8.07. The number of ketones is 1. The number of rotatable bonds is 2. The van der Waals surface area contributed by atoms with Crippen LogP contribution in [0, 0.1) is 0 Å². The molecule has 0 bridgehead atoms. The highest BCUT2D eigenvalue weighted by atomic mass is 16.5. The molecule has 17 heavy (non-hydrogen) atoms. The molecule has 1 amide bonds. The molecule has 90 valence electrons. The predicted molar refractivity (Wildman–Crippen MR) is 64.0 cm³/mol. The predicted octanol–water partition coefficient (Wildman–Crippen LogP) is 0.833. The quantitative estimate of drug-likeness (QED) is 0.607. The standard InChI is InChI=1S/C12H14N2O3/c1-3-17-11-10(15)9-7(13)5-4-6-8(9)14(2)12(11)16/h4-6,11H,3,13H2,1-2H3. The van der Waals surface area contributed by atoms with Crippen molar-refractivity contribution >= 4 is 23.1 Å². The third-order valence-corrected chi connectivity index (χ3v) is 2.81. The minimum atomic E-state index is -1.07. The molecule has 0 saturated carbocycles. The Bertz CT molecular complexity index is 485.